The Kier molecular flexibility index (Phi) is 5.16. The number of aromatic nitrogens is 3. The number of sulfonamides is 1. The van der Waals surface area contributed by atoms with E-state index in [9.17, 15) is 8.42 Å². The van der Waals surface area contributed by atoms with Crippen LogP contribution in [0.4, 0.5) is 5.95 Å². The van der Waals surface area contributed by atoms with Crippen molar-refractivity contribution >= 4 is 66.4 Å². The van der Waals surface area contributed by atoms with Crippen molar-refractivity contribution in [1.29, 1.82) is 0 Å². The van der Waals surface area contributed by atoms with Crippen LogP contribution in [0.3, 0.4) is 0 Å². The Bertz CT molecular complexity index is 967. The summed E-state index contributed by atoms with van der Waals surface area (Å²) < 4.78 is 29.1. The van der Waals surface area contributed by atoms with Gasteiger partial charge in [0.05, 0.1) is 10.3 Å². The molecule has 0 radical (unpaired) electrons. The van der Waals surface area contributed by atoms with Gasteiger partial charge >= 0.3 is 0 Å². The molecule has 11 heteroatoms. The minimum Gasteiger partial charge on any atom is -0.246 e. The summed E-state index contributed by atoms with van der Waals surface area (Å²) in [4.78, 5) is 3.96. The van der Waals surface area contributed by atoms with Gasteiger partial charge in [0.15, 0.2) is 0 Å². The van der Waals surface area contributed by atoms with Crippen molar-refractivity contribution in [3.63, 3.8) is 0 Å². The minimum absolute atomic E-state index is 0.0253. The van der Waals surface area contributed by atoms with Gasteiger partial charge in [0.25, 0.3) is 16.0 Å². The Morgan fingerprint density at radius 1 is 1.21 bits per heavy atom. The number of halogens is 3. The summed E-state index contributed by atoms with van der Waals surface area (Å²) in [6, 6.07) is 8.34. The number of hydrogen-bond acceptors (Lipinski definition) is 5. The van der Waals surface area contributed by atoms with E-state index in [-0.39, 0.29) is 16.7 Å². The topological polar surface area (TPSA) is 76.9 Å². The molecule has 0 spiro atoms. The molecule has 0 saturated heterocycles. The van der Waals surface area contributed by atoms with E-state index >= 15 is 0 Å². The number of benzene rings is 1. The first-order valence-electron chi connectivity index (χ1n) is 6.45. The third-order valence-corrected chi connectivity index (χ3v) is 7.11. The van der Waals surface area contributed by atoms with E-state index in [0.717, 1.165) is 15.1 Å². The Balaban J connectivity index is 1.79. The summed E-state index contributed by atoms with van der Waals surface area (Å²) in [5.74, 6) is -0.0253. The van der Waals surface area contributed by atoms with Gasteiger partial charge < -0.3 is 0 Å². The van der Waals surface area contributed by atoms with Gasteiger partial charge in [-0.1, -0.05) is 29.3 Å². The van der Waals surface area contributed by atoms with Crippen molar-refractivity contribution in [2.24, 2.45) is 0 Å². The number of nitrogens with zero attached hydrogens (tertiary/aromatic N) is 3. The summed E-state index contributed by atoms with van der Waals surface area (Å²) in [7, 11) is -3.72. The van der Waals surface area contributed by atoms with E-state index in [1.807, 2.05) is 0 Å². The van der Waals surface area contributed by atoms with E-state index in [1.165, 1.54) is 17.1 Å². The average Bonchev–Trinajstić information content (AvgIpc) is 3.12. The molecule has 3 aromatic rings. The van der Waals surface area contributed by atoms with Crippen LogP contribution < -0.4 is 4.72 Å². The molecule has 3 rings (SSSR count). The molecule has 1 aromatic carbocycles. The van der Waals surface area contributed by atoms with E-state index in [1.54, 1.807) is 24.3 Å². The van der Waals surface area contributed by atoms with Crippen molar-refractivity contribution < 1.29 is 8.42 Å². The quantitative estimate of drug-likeness (QED) is 0.608. The third-order valence-electron chi connectivity index (χ3n) is 2.96. The van der Waals surface area contributed by atoms with Gasteiger partial charge in [0, 0.05) is 15.6 Å². The summed E-state index contributed by atoms with van der Waals surface area (Å²) in [5.41, 5.74) is 0.683. The predicted octanol–water partition coefficient (Wildman–Crippen LogP) is 4.26. The van der Waals surface area contributed by atoms with E-state index in [4.69, 9.17) is 23.2 Å². The molecule has 0 saturated carbocycles. The normalized spacial score (nSPS) is 11.6. The monoisotopic (exact) mass is 466 g/mol. The first-order chi connectivity index (χ1) is 11.3. The molecule has 2 aromatic heterocycles. The Morgan fingerprint density at radius 3 is 2.54 bits per heavy atom. The van der Waals surface area contributed by atoms with Crippen LogP contribution in [-0.2, 0) is 16.6 Å². The summed E-state index contributed by atoms with van der Waals surface area (Å²) in [5, 5.41) is 5.10. The summed E-state index contributed by atoms with van der Waals surface area (Å²) in [6.45, 7) is 0.276. The van der Waals surface area contributed by atoms with E-state index in [0.29, 0.717) is 15.6 Å². The molecule has 126 valence electrons. The number of hydrogen-bond donors (Lipinski definition) is 1. The van der Waals surface area contributed by atoms with Crippen molar-refractivity contribution in [3.05, 3.63) is 56.1 Å². The molecule has 6 nitrogen and oxygen atoms in total. The zero-order chi connectivity index (χ0) is 17.3. The van der Waals surface area contributed by atoms with Crippen LogP contribution in [0.15, 0.2) is 44.7 Å². The highest BCUT2D eigenvalue weighted by atomic mass is 79.9. The number of thiophene rings is 1. The molecule has 0 fully saturated rings. The highest BCUT2D eigenvalue weighted by Gasteiger charge is 2.19. The largest absolute Gasteiger partial charge is 0.273 e. The smallest absolute Gasteiger partial charge is 0.246 e. The number of nitrogens with one attached hydrogen (secondary N) is 1. The van der Waals surface area contributed by atoms with Crippen LogP contribution in [-0.4, -0.2) is 23.2 Å². The SMILES string of the molecule is O=S(=O)(Nc1ncn(Cc2c(Cl)cccc2Cl)n1)c1ccc(Br)s1. The molecule has 1 N–H and O–H groups in total. The van der Waals surface area contributed by atoms with Gasteiger partial charge in [-0.3, -0.25) is 0 Å². The molecule has 0 atom stereocenters. The van der Waals surface area contributed by atoms with Gasteiger partial charge in [0.2, 0.25) is 0 Å². The molecule has 24 heavy (non-hydrogen) atoms. The highest BCUT2D eigenvalue weighted by molar-refractivity contribution is 9.11. The van der Waals surface area contributed by atoms with Crippen LogP contribution in [0.1, 0.15) is 5.56 Å². The third kappa shape index (κ3) is 3.92. The molecule has 0 aliphatic heterocycles. The van der Waals surface area contributed by atoms with E-state index in [2.05, 4.69) is 30.7 Å². The van der Waals surface area contributed by atoms with Crippen LogP contribution in [0, 0.1) is 0 Å². The molecule has 0 bridgehead atoms. The molecule has 2 heterocycles. The molecular formula is C13H9BrCl2N4O2S2. The second-order valence-corrected chi connectivity index (χ2v) is 9.82. The highest BCUT2D eigenvalue weighted by Crippen LogP contribution is 2.27. The molecule has 0 unspecified atom stereocenters. The van der Waals surface area contributed by atoms with Crippen molar-refractivity contribution in [2.75, 3.05) is 4.72 Å². The second-order valence-electron chi connectivity index (χ2n) is 4.63. The van der Waals surface area contributed by atoms with Crippen LogP contribution >= 0.6 is 50.5 Å². The lowest BCUT2D eigenvalue weighted by atomic mass is 10.2. The standard InChI is InChI=1S/C13H9BrCl2N4O2S2/c14-11-4-5-12(23-11)24(21,22)19-13-17-7-20(18-13)6-8-9(15)2-1-3-10(8)16/h1-5,7H,6H2,(H,18,19). The average molecular weight is 468 g/mol. The zero-order valence-corrected chi connectivity index (χ0v) is 16.5. The van der Waals surface area contributed by atoms with Crippen LogP contribution in [0.5, 0.6) is 0 Å². The van der Waals surface area contributed by atoms with Gasteiger partial charge in [-0.25, -0.2) is 17.8 Å². The first kappa shape index (κ1) is 17.7. The fraction of sp³-hybridized carbons (Fsp3) is 0.0769. The van der Waals surface area contributed by atoms with Gasteiger partial charge in [0.1, 0.15) is 10.5 Å². The zero-order valence-electron chi connectivity index (χ0n) is 11.8. The maximum absolute atomic E-state index is 12.2. The molecule has 0 aliphatic rings. The summed E-state index contributed by atoms with van der Waals surface area (Å²) in [6.07, 6.45) is 1.40. The number of rotatable bonds is 5. The molecule has 0 aliphatic carbocycles. The first-order valence-corrected chi connectivity index (χ1v) is 10.3. The van der Waals surface area contributed by atoms with Gasteiger partial charge in [-0.2, -0.15) is 4.98 Å². The Labute approximate surface area is 160 Å². The lowest BCUT2D eigenvalue weighted by molar-refractivity contribution is 0.602. The fourth-order valence-electron chi connectivity index (χ4n) is 1.88. The Morgan fingerprint density at radius 2 is 1.92 bits per heavy atom. The maximum atomic E-state index is 12.2. The van der Waals surface area contributed by atoms with Gasteiger partial charge in [-0.05, 0) is 40.2 Å². The van der Waals surface area contributed by atoms with Crippen LogP contribution in [0.2, 0.25) is 10.0 Å². The Hall–Kier alpha value is -1.13. The molecular weight excluding hydrogens is 459 g/mol. The van der Waals surface area contributed by atoms with Crippen LogP contribution in [0.25, 0.3) is 0 Å². The fourth-order valence-corrected chi connectivity index (χ4v) is 5.35. The van der Waals surface area contributed by atoms with Crippen molar-refractivity contribution in [2.45, 2.75) is 10.8 Å². The maximum Gasteiger partial charge on any atom is 0.273 e. The minimum atomic E-state index is -3.72. The summed E-state index contributed by atoms with van der Waals surface area (Å²) >= 11 is 16.6. The predicted molar refractivity (Wildman–Crippen MR) is 98.4 cm³/mol. The van der Waals surface area contributed by atoms with Crippen molar-refractivity contribution in [1.82, 2.24) is 14.8 Å². The van der Waals surface area contributed by atoms with Gasteiger partial charge in [-0.15, -0.1) is 16.4 Å². The lowest BCUT2D eigenvalue weighted by Gasteiger charge is -2.06. The molecule has 0 amide bonds. The number of anilines is 1. The van der Waals surface area contributed by atoms with E-state index < -0.39 is 10.0 Å². The lowest BCUT2D eigenvalue weighted by Crippen LogP contribution is -2.13. The second kappa shape index (κ2) is 7.01. The van der Waals surface area contributed by atoms with Crippen molar-refractivity contribution in [3.8, 4) is 0 Å².